The second-order valence-electron chi connectivity index (χ2n) is 6.15. The number of nitro groups is 1. The molecule has 0 saturated carbocycles. The summed E-state index contributed by atoms with van der Waals surface area (Å²) in [5, 5.41) is 14.0. The Bertz CT molecular complexity index is 761. The maximum absolute atomic E-state index is 12.3. The Kier molecular flexibility index (Phi) is 6.52. The van der Waals surface area contributed by atoms with E-state index in [1.807, 2.05) is 13.0 Å². The predicted molar refractivity (Wildman–Crippen MR) is 100 cm³/mol. The second kappa shape index (κ2) is 8.62. The molecular weight excluding hydrogens is 338 g/mol. The maximum Gasteiger partial charge on any atom is 0.283 e. The fourth-order valence-electron chi connectivity index (χ4n) is 2.06. The Morgan fingerprint density at radius 2 is 2.08 bits per heavy atom. The molecule has 0 atom stereocenters. The van der Waals surface area contributed by atoms with Crippen LogP contribution in [0.5, 0.6) is 0 Å². The van der Waals surface area contributed by atoms with Gasteiger partial charge in [0, 0.05) is 17.8 Å². The number of benzene rings is 1. The molecule has 1 heterocycles. The van der Waals surface area contributed by atoms with E-state index in [1.165, 1.54) is 17.8 Å². The smallest absolute Gasteiger partial charge is 0.283 e. The molecule has 25 heavy (non-hydrogen) atoms. The van der Waals surface area contributed by atoms with Crippen molar-refractivity contribution in [2.45, 2.75) is 32.1 Å². The van der Waals surface area contributed by atoms with Gasteiger partial charge in [-0.3, -0.25) is 14.9 Å². The zero-order valence-electron chi connectivity index (χ0n) is 14.5. The molecule has 1 aromatic carbocycles. The Morgan fingerprint density at radius 3 is 2.68 bits per heavy atom. The molecular formula is C18H21N3O3S. The van der Waals surface area contributed by atoms with Gasteiger partial charge in [0.1, 0.15) is 5.82 Å². The van der Waals surface area contributed by atoms with Gasteiger partial charge >= 0.3 is 0 Å². The van der Waals surface area contributed by atoms with Crippen LogP contribution in [-0.2, 0) is 0 Å². The van der Waals surface area contributed by atoms with Gasteiger partial charge in [-0.15, -0.1) is 11.8 Å². The Hall–Kier alpha value is -2.41. The van der Waals surface area contributed by atoms with Gasteiger partial charge < -0.3 is 5.32 Å². The van der Waals surface area contributed by atoms with Crippen LogP contribution in [0.25, 0.3) is 0 Å². The van der Waals surface area contributed by atoms with E-state index in [0.29, 0.717) is 16.6 Å². The number of amides is 1. The number of pyridine rings is 1. The molecule has 2 rings (SSSR count). The zero-order chi connectivity index (χ0) is 18.4. The molecule has 0 radical (unpaired) electrons. The number of thioether (sulfide) groups is 1. The van der Waals surface area contributed by atoms with Gasteiger partial charge in [-0.2, -0.15) is 0 Å². The average molecular weight is 359 g/mol. The number of hydrogen-bond acceptors (Lipinski definition) is 5. The predicted octanol–water partition coefficient (Wildman–Crippen LogP) is 4.69. The minimum absolute atomic E-state index is 0.0433. The van der Waals surface area contributed by atoms with Crippen LogP contribution < -0.4 is 5.32 Å². The number of aromatic nitrogens is 1. The first-order chi connectivity index (χ1) is 11.9. The number of carbonyl (C=O) groups excluding carboxylic acids is 1. The highest BCUT2D eigenvalue weighted by Gasteiger charge is 2.18. The molecule has 1 aromatic heterocycles. The summed E-state index contributed by atoms with van der Waals surface area (Å²) in [4.78, 5) is 27.9. The molecule has 1 N–H and O–H groups in total. The summed E-state index contributed by atoms with van der Waals surface area (Å²) in [6, 6.07) is 8.09. The van der Waals surface area contributed by atoms with E-state index in [0.717, 1.165) is 17.7 Å². The number of anilines is 1. The van der Waals surface area contributed by atoms with E-state index in [1.54, 1.807) is 24.4 Å². The zero-order valence-corrected chi connectivity index (χ0v) is 15.3. The van der Waals surface area contributed by atoms with Crippen molar-refractivity contribution in [3.05, 3.63) is 57.8 Å². The number of nitrogens with one attached hydrogen (secondary N) is 1. The third kappa shape index (κ3) is 5.56. The molecule has 6 nitrogen and oxygen atoms in total. The van der Waals surface area contributed by atoms with Crippen molar-refractivity contribution >= 4 is 29.2 Å². The van der Waals surface area contributed by atoms with Crippen molar-refractivity contribution in [1.29, 1.82) is 0 Å². The van der Waals surface area contributed by atoms with Crippen LogP contribution in [-0.4, -0.2) is 21.6 Å². The number of nitrogens with zero attached hydrogens (tertiary/aromatic N) is 2. The normalized spacial score (nSPS) is 10.7. The molecule has 0 fully saturated rings. The molecule has 0 aliphatic heterocycles. The lowest BCUT2D eigenvalue weighted by Crippen LogP contribution is -2.13. The van der Waals surface area contributed by atoms with Crippen molar-refractivity contribution in [2.24, 2.45) is 5.92 Å². The highest BCUT2D eigenvalue weighted by Crippen LogP contribution is 2.31. The minimum atomic E-state index is -0.446. The standard InChI is InChI=1S/C18H21N3O3S/c1-12(2)8-9-25-16-6-5-14(10-15(16)21(23)24)18(22)20-17-7-4-13(3)11-19-17/h4-7,10-12H,8-9H2,1-3H3,(H,19,20,22). The van der Waals surface area contributed by atoms with Gasteiger partial charge in [-0.25, -0.2) is 4.98 Å². The number of rotatable bonds is 7. The molecule has 7 heteroatoms. The molecule has 0 unspecified atom stereocenters. The third-order valence-electron chi connectivity index (χ3n) is 3.52. The van der Waals surface area contributed by atoms with Crippen LogP contribution in [0.3, 0.4) is 0 Å². The Labute approximate surface area is 151 Å². The van der Waals surface area contributed by atoms with Crippen LogP contribution in [0, 0.1) is 23.0 Å². The summed E-state index contributed by atoms with van der Waals surface area (Å²) < 4.78 is 0. The SMILES string of the molecule is Cc1ccc(NC(=O)c2ccc(SCCC(C)C)c([N+](=O)[O-])c2)nc1. The summed E-state index contributed by atoms with van der Waals surface area (Å²) in [5.74, 6) is 1.34. The molecule has 2 aromatic rings. The van der Waals surface area contributed by atoms with Gasteiger partial charge in [0.2, 0.25) is 0 Å². The van der Waals surface area contributed by atoms with Crippen molar-refractivity contribution < 1.29 is 9.72 Å². The largest absolute Gasteiger partial charge is 0.307 e. The first-order valence-electron chi connectivity index (χ1n) is 8.02. The lowest BCUT2D eigenvalue weighted by atomic mass is 10.2. The van der Waals surface area contributed by atoms with E-state index in [4.69, 9.17) is 0 Å². The first-order valence-corrected chi connectivity index (χ1v) is 9.00. The fourth-order valence-corrected chi connectivity index (χ4v) is 3.31. The van der Waals surface area contributed by atoms with Gasteiger partial charge in [0.05, 0.1) is 9.82 Å². The number of nitro benzene ring substituents is 1. The molecule has 0 aliphatic carbocycles. The topological polar surface area (TPSA) is 85.1 Å². The number of hydrogen-bond donors (Lipinski definition) is 1. The van der Waals surface area contributed by atoms with E-state index in [2.05, 4.69) is 24.1 Å². The van der Waals surface area contributed by atoms with E-state index >= 15 is 0 Å². The van der Waals surface area contributed by atoms with E-state index < -0.39 is 10.8 Å². The molecule has 0 spiro atoms. The Morgan fingerprint density at radius 1 is 1.32 bits per heavy atom. The minimum Gasteiger partial charge on any atom is -0.307 e. The Balaban J connectivity index is 2.15. The summed E-state index contributed by atoms with van der Waals surface area (Å²) in [5.41, 5.74) is 1.18. The monoisotopic (exact) mass is 359 g/mol. The lowest BCUT2D eigenvalue weighted by molar-refractivity contribution is -0.387. The van der Waals surface area contributed by atoms with Gasteiger partial charge in [0.15, 0.2) is 0 Å². The quantitative estimate of drug-likeness (QED) is 0.440. The molecule has 0 bridgehead atoms. The van der Waals surface area contributed by atoms with Gasteiger partial charge in [0.25, 0.3) is 11.6 Å². The van der Waals surface area contributed by atoms with Gasteiger partial charge in [-0.05, 0) is 48.8 Å². The third-order valence-corrected chi connectivity index (χ3v) is 4.62. The van der Waals surface area contributed by atoms with Crippen molar-refractivity contribution in [3.63, 3.8) is 0 Å². The van der Waals surface area contributed by atoms with Crippen LogP contribution in [0.2, 0.25) is 0 Å². The number of carbonyl (C=O) groups is 1. The summed E-state index contributed by atoms with van der Waals surface area (Å²) in [6.07, 6.45) is 2.62. The fraction of sp³-hybridized carbons (Fsp3) is 0.333. The second-order valence-corrected chi connectivity index (χ2v) is 7.28. The molecule has 0 aliphatic rings. The molecule has 1 amide bonds. The maximum atomic E-state index is 12.3. The van der Waals surface area contributed by atoms with Gasteiger partial charge in [-0.1, -0.05) is 19.9 Å². The number of aryl methyl sites for hydroxylation is 1. The summed E-state index contributed by atoms with van der Waals surface area (Å²) in [6.45, 7) is 6.13. The average Bonchev–Trinajstić information content (AvgIpc) is 2.56. The highest BCUT2D eigenvalue weighted by atomic mass is 32.2. The van der Waals surface area contributed by atoms with Crippen molar-refractivity contribution in [1.82, 2.24) is 4.98 Å². The van der Waals surface area contributed by atoms with Crippen LogP contribution >= 0.6 is 11.8 Å². The summed E-state index contributed by atoms with van der Waals surface area (Å²) >= 11 is 1.44. The molecule has 132 valence electrons. The molecule has 0 saturated heterocycles. The van der Waals surface area contributed by atoms with Crippen molar-refractivity contribution in [3.8, 4) is 0 Å². The van der Waals surface area contributed by atoms with E-state index in [-0.39, 0.29) is 11.3 Å². The van der Waals surface area contributed by atoms with Crippen molar-refractivity contribution in [2.75, 3.05) is 11.1 Å². The van der Waals surface area contributed by atoms with Crippen LogP contribution in [0.15, 0.2) is 41.4 Å². The first kappa shape index (κ1) is 18.9. The van der Waals surface area contributed by atoms with E-state index in [9.17, 15) is 14.9 Å². The lowest BCUT2D eigenvalue weighted by Gasteiger charge is -2.08. The highest BCUT2D eigenvalue weighted by molar-refractivity contribution is 7.99. The summed E-state index contributed by atoms with van der Waals surface area (Å²) in [7, 11) is 0. The van der Waals surface area contributed by atoms with Crippen LogP contribution in [0.1, 0.15) is 36.2 Å². The van der Waals surface area contributed by atoms with Crippen LogP contribution in [0.4, 0.5) is 11.5 Å².